The minimum absolute atomic E-state index is 0.237. The first kappa shape index (κ1) is 12.8. The zero-order chi connectivity index (χ0) is 11.8. The predicted octanol–water partition coefficient (Wildman–Crippen LogP) is 2.46. The van der Waals surface area contributed by atoms with Crippen molar-refractivity contribution < 1.29 is 9.47 Å². The van der Waals surface area contributed by atoms with Crippen LogP contribution >= 0.6 is 0 Å². The summed E-state index contributed by atoms with van der Waals surface area (Å²) in [4.78, 5) is 0. The van der Waals surface area contributed by atoms with Crippen LogP contribution in [0, 0.1) is 0 Å². The molecule has 1 aromatic rings. The van der Waals surface area contributed by atoms with Gasteiger partial charge in [-0.05, 0) is 45.5 Å². The smallest absolute Gasteiger partial charge is 0.123 e. The van der Waals surface area contributed by atoms with Gasteiger partial charge in [0, 0.05) is 6.07 Å². The van der Waals surface area contributed by atoms with Crippen LogP contribution in [0.3, 0.4) is 0 Å². The number of hydrogen-bond acceptors (Lipinski definition) is 3. The number of rotatable bonds is 7. The van der Waals surface area contributed by atoms with E-state index in [4.69, 9.17) is 9.47 Å². The van der Waals surface area contributed by atoms with Crippen LogP contribution in [0.2, 0.25) is 0 Å². The van der Waals surface area contributed by atoms with E-state index in [0.717, 1.165) is 30.9 Å². The maximum atomic E-state index is 5.80. The van der Waals surface area contributed by atoms with Gasteiger partial charge in [0.05, 0.1) is 13.2 Å². The lowest BCUT2D eigenvalue weighted by molar-refractivity contribution is 0.207. The number of nitrogens with one attached hydrogen (secondary N) is 1. The van der Waals surface area contributed by atoms with E-state index in [-0.39, 0.29) is 6.10 Å². The van der Waals surface area contributed by atoms with E-state index in [1.165, 1.54) is 0 Å². The van der Waals surface area contributed by atoms with Crippen LogP contribution in [0.15, 0.2) is 24.3 Å². The summed E-state index contributed by atoms with van der Waals surface area (Å²) >= 11 is 0. The lowest BCUT2D eigenvalue weighted by Crippen LogP contribution is -2.15. The van der Waals surface area contributed by atoms with Gasteiger partial charge < -0.3 is 14.8 Å². The number of hydrogen-bond donors (Lipinski definition) is 1. The molecule has 90 valence electrons. The molecule has 0 aliphatic rings. The monoisotopic (exact) mass is 223 g/mol. The molecule has 3 nitrogen and oxygen atoms in total. The SMILES string of the molecule is CNCCCC(C)Oc1cccc(OC)c1. The van der Waals surface area contributed by atoms with Crippen LogP contribution in [0.25, 0.3) is 0 Å². The van der Waals surface area contributed by atoms with Gasteiger partial charge in [0.25, 0.3) is 0 Å². The average molecular weight is 223 g/mol. The van der Waals surface area contributed by atoms with Crippen LogP contribution < -0.4 is 14.8 Å². The molecule has 0 heterocycles. The third kappa shape index (κ3) is 4.53. The van der Waals surface area contributed by atoms with E-state index in [9.17, 15) is 0 Å². The van der Waals surface area contributed by atoms with E-state index >= 15 is 0 Å². The number of ether oxygens (including phenoxy) is 2. The normalized spacial score (nSPS) is 12.2. The molecular formula is C13H21NO2. The molecule has 0 saturated heterocycles. The summed E-state index contributed by atoms with van der Waals surface area (Å²) in [6.45, 7) is 3.13. The molecule has 0 amide bonds. The maximum Gasteiger partial charge on any atom is 0.123 e. The van der Waals surface area contributed by atoms with Crippen LogP contribution in [0.4, 0.5) is 0 Å². The van der Waals surface area contributed by atoms with E-state index in [2.05, 4.69) is 12.2 Å². The van der Waals surface area contributed by atoms with Gasteiger partial charge in [0.2, 0.25) is 0 Å². The van der Waals surface area contributed by atoms with Crippen molar-refractivity contribution >= 4 is 0 Å². The average Bonchev–Trinajstić information content (AvgIpc) is 2.29. The van der Waals surface area contributed by atoms with E-state index in [1.807, 2.05) is 31.3 Å². The Morgan fingerprint density at radius 1 is 1.31 bits per heavy atom. The molecule has 0 aliphatic heterocycles. The molecule has 0 aliphatic carbocycles. The van der Waals surface area contributed by atoms with Crippen molar-refractivity contribution in [2.24, 2.45) is 0 Å². The summed E-state index contributed by atoms with van der Waals surface area (Å²) in [6.07, 6.45) is 2.42. The molecule has 0 bridgehead atoms. The van der Waals surface area contributed by atoms with Gasteiger partial charge >= 0.3 is 0 Å². The zero-order valence-corrected chi connectivity index (χ0v) is 10.3. The molecular weight excluding hydrogens is 202 g/mol. The van der Waals surface area contributed by atoms with Gasteiger partial charge in [0.1, 0.15) is 11.5 Å². The molecule has 3 heteroatoms. The highest BCUT2D eigenvalue weighted by atomic mass is 16.5. The fourth-order valence-corrected chi connectivity index (χ4v) is 1.53. The van der Waals surface area contributed by atoms with E-state index in [0.29, 0.717) is 0 Å². The second-order valence-corrected chi connectivity index (χ2v) is 3.85. The Bertz CT molecular complexity index is 302. The van der Waals surface area contributed by atoms with Crippen LogP contribution in [-0.4, -0.2) is 26.8 Å². The summed E-state index contributed by atoms with van der Waals surface area (Å²) in [6, 6.07) is 7.72. The molecule has 0 spiro atoms. The highest BCUT2D eigenvalue weighted by Gasteiger charge is 2.04. The molecule has 0 saturated carbocycles. The Balaban J connectivity index is 2.39. The lowest BCUT2D eigenvalue weighted by Gasteiger charge is -2.15. The first-order valence-electron chi connectivity index (χ1n) is 5.71. The molecule has 1 N–H and O–H groups in total. The van der Waals surface area contributed by atoms with Crippen molar-refractivity contribution in [3.63, 3.8) is 0 Å². The Hall–Kier alpha value is -1.22. The van der Waals surface area contributed by atoms with E-state index in [1.54, 1.807) is 7.11 Å². The van der Waals surface area contributed by atoms with Crippen molar-refractivity contribution in [2.45, 2.75) is 25.9 Å². The predicted molar refractivity (Wildman–Crippen MR) is 66.2 cm³/mol. The Morgan fingerprint density at radius 3 is 2.75 bits per heavy atom. The van der Waals surface area contributed by atoms with Gasteiger partial charge in [0.15, 0.2) is 0 Å². The van der Waals surface area contributed by atoms with Gasteiger partial charge in [-0.15, -0.1) is 0 Å². The third-order valence-corrected chi connectivity index (χ3v) is 2.42. The summed E-state index contributed by atoms with van der Waals surface area (Å²) in [5, 5.41) is 3.13. The zero-order valence-electron chi connectivity index (χ0n) is 10.3. The number of methoxy groups -OCH3 is 1. The summed E-state index contributed by atoms with van der Waals surface area (Å²) in [7, 11) is 3.63. The summed E-state index contributed by atoms with van der Waals surface area (Å²) in [5.41, 5.74) is 0. The standard InChI is InChI=1S/C13H21NO2/c1-11(6-5-9-14-2)16-13-8-4-7-12(10-13)15-3/h4,7-8,10-11,14H,5-6,9H2,1-3H3. The first-order chi connectivity index (χ1) is 7.76. The molecule has 16 heavy (non-hydrogen) atoms. The van der Waals surface area contributed by atoms with Crippen molar-refractivity contribution in [1.82, 2.24) is 5.32 Å². The third-order valence-electron chi connectivity index (χ3n) is 2.42. The van der Waals surface area contributed by atoms with Crippen LogP contribution in [-0.2, 0) is 0 Å². The van der Waals surface area contributed by atoms with Crippen molar-refractivity contribution in [3.05, 3.63) is 24.3 Å². The Labute approximate surface area is 97.8 Å². The maximum absolute atomic E-state index is 5.80. The topological polar surface area (TPSA) is 30.5 Å². The molecule has 1 aromatic carbocycles. The highest BCUT2D eigenvalue weighted by Crippen LogP contribution is 2.20. The second-order valence-electron chi connectivity index (χ2n) is 3.85. The molecule has 0 fully saturated rings. The van der Waals surface area contributed by atoms with Gasteiger partial charge in [-0.2, -0.15) is 0 Å². The van der Waals surface area contributed by atoms with E-state index < -0.39 is 0 Å². The fourth-order valence-electron chi connectivity index (χ4n) is 1.53. The highest BCUT2D eigenvalue weighted by molar-refractivity contribution is 5.32. The Kier molecular flexibility index (Phi) is 5.72. The number of benzene rings is 1. The van der Waals surface area contributed by atoms with Crippen molar-refractivity contribution in [3.8, 4) is 11.5 Å². The van der Waals surface area contributed by atoms with Gasteiger partial charge in [-0.1, -0.05) is 6.07 Å². The lowest BCUT2D eigenvalue weighted by atomic mass is 10.2. The van der Waals surface area contributed by atoms with Crippen molar-refractivity contribution in [2.75, 3.05) is 20.7 Å². The molecule has 0 radical (unpaired) electrons. The Morgan fingerprint density at radius 2 is 2.06 bits per heavy atom. The molecule has 1 rings (SSSR count). The molecule has 1 unspecified atom stereocenters. The molecule has 0 aromatic heterocycles. The molecule has 1 atom stereocenters. The van der Waals surface area contributed by atoms with Crippen LogP contribution in [0.5, 0.6) is 11.5 Å². The van der Waals surface area contributed by atoms with Crippen LogP contribution in [0.1, 0.15) is 19.8 Å². The minimum atomic E-state index is 0.237. The van der Waals surface area contributed by atoms with Crippen molar-refractivity contribution in [1.29, 1.82) is 0 Å². The van der Waals surface area contributed by atoms with Gasteiger partial charge in [-0.3, -0.25) is 0 Å². The summed E-state index contributed by atoms with van der Waals surface area (Å²) in [5.74, 6) is 1.70. The van der Waals surface area contributed by atoms with Gasteiger partial charge in [-0.25, -0.2) is 0 Å². The summed E-state index contributed by atoms with van der Waals surface area (Å²) < 4.78 is 10.9. The first-order valence-corrected chi connectivity index (χ1v) is 5.71. The second kappa shape index (κ2) is 7.12. The largest absolute Gasteiger partial charge is 0.497 e. The fraction of sp³-hybridized carbons (Fsp3) is 0.538. The quantitative estimate of drug-likeness (QED) is 0.720. The minimum Gasteiger partial charge on any atom is -0.497 e.